The van der Waals surface area contributed by atoms with Crippen LogP contribution in [0.3, 0.4) is 0 Å². The minimum Gasteiger partial charge on any atom is -0.488 e. The van der Waals surface area contributed by atoms with E-state index < -0.39 is 0 Å². The molecule has 28 heavy (non-hydrogen) atoms. The molecule has 0 aliphatic carbocycles. The molecule has 6 nitrogen and oxygen atoms in total. The van der Waals surface area contributed by atoms with Gasteiger partial charge in [-0.05, 0) is 53.1 Å². The lowest BCUT2D eigenvalue weighted by Crippen LogP contribution is -2.51. The van der Waals surface area contributed by atoms with Crippen molar-refractivity contribution in [3.8, 4) is 5.75 Å². The highest BCUT2D eigenvalue weighted by molar-refractivity contribution is 5.79. The van der Waals surface area contributed by atoms with Crippen LogP contribution in [0, 0.1) is 0 Å². The number of hydrogen-bond acceptors (Lipinski definition) is 4. The second-order valence-corrected chi connectivity index (χ2v) is 8.64. The molecule has 0 amide bonds. The predicted octanol–water partition coefficient (Wildman–Crippen LogP) is 2.78. The first kappa shape index (κ1) is 20.9. The molecule has 2 N–H and O–H groups in total. The maximum atomic E-state index is 6.08. The van der Waals surface area contributed by atoms with Gasteiger partial charge in [-0.2, -0.15) is 0 Å². The van der Waals surface area contributed by atoms with E-state index in [2.05, 4.69) is 49.3 Å². The lowest BCUT2D eigenvalue weighted by atomic mass is 10.1. The van der Waals surface area contributed by atoms with E-state index in [0.717, 1.165) is 43.5 Å². The van der Waals surface area contributed by atoms with Crippen molar-refractivity contribution < 1.29 is 9.47 Å². The molecule has 6 heteroatoms. The molecule has 156 valence electrons. The number of aliphatic imine (C=N–C) groups is 1. The topological polar surface area (TPSA) is 58.1 Å². The van der Waals surface area contributed by atoms with E-state index in [4.69, 9.17) is 14.5 Å². The molecule has 2 heterocycles. The number of nitrogens with one attached hydrogen (secondary N) is 2. The number of guanidine groups is 1. The van der Waals surface area contributed by atoms with E-state index in [9.17, 15) is 0 Å². The van der Waals surface area contributed by atoms with E-state index in [1.807, 2.05) is 18.2 Å². The Morgan fingerprint density at radius 3 is 2.89 bits per heavy atom. The van der Waals surface area contributed by atoms with E-state index in [0.29, 0.717) is 12.6 Å². The van der Waals surface area contributed by atoms with E-state index in [1.54, 1.807) is 0 Å². The van der Waals surface area contributed by atoms with Gasteiger partial charge in [0.15, 0.2) is 5.96 Å². The second-order valence-electron chi connectivity index (χ2n) is 8.64. The summed E-state index contributed by atoms with van der Waals surface area (Å²) in [5.41, 5.74) is 0.859. The van der Waals surface area contributed by atoms with Gasteiger partial charge in [-0.1, -0.05) is 18.2 Å². The maximum absolute atomic E-state index is 6.08. The van der Waals surface area contributed by atoms with Crippen LogP contribution < -0.4 is 15.4 Å². The van der Waals surface area contributed by atoms with Crippen LogP contribution in [0.4, 0.5) is 0 Å². The molecule has 2 atom stereocenters. The fraction of sp³-hybridized carbons (Fsp3) is 0.682. The van der Waals surface area contributed by atoms with Crippen LogP contribution in [-0.4, -0.2) is 61.4 Å². The van der Waals surface area contributed by atoms with Crippen LogP contribution in [0.15, 0.2) is 29.3 Å². The Morgan fingerprint density at radius 2 is 2.11 bits per heavy atom. The number of hydrogen-bond donors (Lipinski definition) is 2. The average Bonchev–Trinajstić information content (AvgIpc) is 3.11. The average molecular weight is 389 g/mol. The summed E-state index contributed by atoms with van der Waals surface area (Å²) < 4.78 is 12.1. The van der Waals surface area contributed by atoms with Gasteiger partial charge < -0.3 is 20.1 Å². The fourth-order valence-electron chi connectivity index (χ4n) is 3.79. The SMILES string of the molecule is CCNC(=NCc1ccccc1OC(C)(C)C)NCC1CN2CCCC2CO1. The summed E-state index contributed by atoms with van der Waals surface area (Å²) in [7, 11) is 0. The van der Waals surface area contributed by atoms with Crippen LogP contribution in [0.1, 0.15) is 46.1 Å². The van der Waals surface area contributed by atoms with Crippen LogP contribution in [0.25, 0.3) is 0 Å². The molecule has 0 aromatic heterocycles. The molecule has 2 aliphatic heterocycles. The fourth-order valence-corrected chi connectivity index (χ4v) is 3.79. The van der Waals surface area contributed by atoms with Crippen molar-refractivity contribution in [3.63, 3.8) is 0 Å². The molecule has 0 radical (unpaired) electrons. The van der Waals surface area contributed by atoms with Gasteiger partial charge in [-0.25, -0.2) is 4.99 Å². The predicted molar refractivity (Wildman–Crippen MR) is 114 cm³/mol. The van der Waals surface area contributed by atoms with Crippen LogP contribution in [0.2, 0.25) is 0 Å². The third-order valence-electron chi connectivity index (χ3n) is 5.10. The molecule has 0 spiro atoms. The Labute approximate surface area is 169 Å². The van der Waals surface area contributed by atoms with E-state index >= 15 is 0 Å². The Kier molecular flexibility index (Phi) is 7.18. The van der Waals surface area contributed by atoms with Crippen LogP contribution >= 0.6 is 0 Å². The number of ether oxygens (including phenoxy) is 2. The quantitative estimate of drug-likeness (QED) is 0.580. The van der Waals surface area contributed by atoms with Gasteiger partial charge in [0.05, 0.1) is 19.3 Å². The molecule has 2 unspecified atom stereocenters. The zero-order valence-electron chi connectivity index (χ0n) is 17.8. The van der Waals surface area contributed by atoms with Crippen molar-refractivity contribution in [2.75, 3.05) is 32.8 Å². The summed E-state index contributed by atoms with van der Waals surface area (Å²) >= 11 is 0. The monoisotopic (exact) mass is 388 g/mol. The summed E-state index contributed by atoms with van der Waals surface area (Å²) in [5.74, 6) is 1.71. The first-order valence-corrected chi connectivity index (χ1v) is 10.6. The van der Waals surface area contributed by atoms with Gasteiger partial charge >= 0.3 is 0 Å². The lowest BCUT2D eigenvalue weighted by Gasteiger charge is -2.35. The Hall–Kier alpha value is -1.79. The molecule has 2 aliphatic rings. The van der Waals surface area contributed by atoms with Crippen molar-refractivity contribution >= 4 is 5.96 Å². The van der Waals surface area contributed by atoms with Crippen molar-refractivity contribution in [1.29, 1.82) is 0 Å². The highest BCUT2D eigenvalue weighted by atomic mass is 16.5. The zero-order valence-corrected chi connectivity index (χ0v) is 17.8. The molecular weight excluding hydrogens is 352 g/mol. The summed E-state index contributed by atoms with van der Waals surface area (Å²) in [6.07, 6.45) is 2.80. The second kappa shape index (κ2) is 9.61. The van der Waals surface area contributed by atoms with Crippen molar-refractivity contribution in [1.82, 2.24) is 15.5 Å². The largest absolute Gasteiger partial charge is 0.488 e. The summed E-state index contributed by atoms with van der Waals surface area (Å²) in [5, 5.41) is 6.79. The maximum Gasteiger partial charge on any atom is 0.191 e. The standard InChI is InChI=1S/C22H36N4O2/c1-5-23-21(25-14-19-15-26-12-8-10-18(26)16-27-19)24-13-17-9-6-7-11-20(17)28-22(2,3)4/h6-7,9,11,18-19H,5,8,10,12-16H2,1-4H3,(H2,23,24,25). The Morgan fingerprint density at radius 1 is 1.29 bits per heavy atom. The Balaban J connectivity index is 1.57. The van der Waals surface area contributed by atoms with Crippen molar-refractivity contribution in [3.05, 3.63) is 29.8 Å². The number of morpholine rings is 1. The summed E-state index contributed by atoms with van der Waals surface area (Å²) in [6, 6.07) is 8.76. The molecule has 2 saturated heterocycles. The third kappa shape index (κ3) is 6.11. The number of rotatable bonds is 6. The van der Waals surface area contributed by atoms with E-state index in [-0.39, 0.29) is 11.7 Å². The molecule has 0 bridgehead atoms. The number of nitrogens with zero attached hydrogens (tertiary/aromatic N) is 2. The molecule has 3 rings (SSSR count). The molecular formula is C22H36N4O2. The van der Waals surface area contributed by atoms with Gasteiger partial charge in [0.2, 0.25) is 0 Å². The number of para-hydroxylation sites is 1. The van der Waals surface area contributed by atoms with Gasteiger partial charge in [-0.3, -0.25) is 4.90 Å². The zero-order chi connectivity index (χ0) is 20.0. The number of fused-ring (bicyclic) bond motifs is 1. The van der Waals surface area contributed by atoms with E-state index in [1.165, 1.54) is 19.4 Å². The minimum absolute atomic E-state index is 0.217. The molecule has 1 aromatic carbocycles. The first-order chi connectivity index (χ1) is 13.4. The highest BCUT2D eigenvalue weighted by Crippen LogP contribution is 2.24. The smallest absolute Gasteiger partial charge is 0.191 e. The van der Waals surface area contributed by atoms with Gasteiger partial charge in [0.25, 0.3) is 0 Å². The van der Waals surface area contributed by atoms with Crippen LogP contribution in [-0.2, 0) is 11.3 Å². The molecule has 1 aromatic rings. The van der Waals surface area contributed by atoms with Gasteiger partial charge in [0.1, 0.15) is 11.4 Å². The molecule has 0 saturated carbocycles. The minimum atomic E-state index is -0.228. The number of benzene rings is 1. The Bertz CT molecular complexity index is 656. The van der Waals surface area contributed by atoms with Crippen molar-refractivity contribution in [2.24, 2.45) is 4.99 Å². The lowest BCUT2D eigenvalue weighted by molar-refractivity contribution is -0.0453. The van der Waals surface area contributed by atoms with Crippen LogP contribution in [0.5, 0.6) is 5.75 Å². The van der Waals surface area contributed by atoms with Gasteiger partial charge in [-0.15, -0.1) is 0 Å². The van der Waals surface area contributed by atoms with Gasteiger partial charge in [0, 0.05) is 31.2 Å². The van der Waals surface area contributed by atoms with Crippen molar-refractivity contribution in [2.45, 2.75) is 64.8 Å². The third-order valence-corrected chi connectivity index (χ3v) is 5.10. The molecule has 2 fully saturated rings. The highest BCUT2D eigenvalue weighted by Gasteiger charge is 2.32. The summed E-state index contributed by atoms with van der Waals surface area (Å²) in [4.78, 5) is 7.34. The normalized spacial score (nSPS) is 23.4. The summed E-state index contributed by atoms with van der Waals surface area (Å²) in [6.45, 7) is 13.5. The first-order valence-electron chi connectivity index (χ1n) is 10.6.